The van der Waals surface area contributed by atoms with Crippen LogP contribution in [-0.4, -0.2) is 29.7 Å². The van der Waals surface area contributed by atoms with E-state index in [2.05, 4.69) is 5.32 Å². The number of amides is 3. The summed E-state index contributed by atoms with van der Waals surface area (Å²) < 4.78 is 5.64. The monoisotopic (exact) mass is 539 g/mol. The molecule has 5 aromatic carbocycles. The summed E-state index contributed by atoms with van der Waals surface area (Å²) in [4.78, 5) is 43.4. The van der Waals surface area contributed by atoms with E-state index in [1.54, 1.807) is 36.3 Å². The molecule has 0 fully saturated rings. The van der Waals surface area contributed by atoms with E-state index in [0.717, 1.165) is 27.7 Å². The molecule has 7 nitrogen and oxygen atoms in total. The molecule has 3 amide bonds. The van der Waals surface area contributed by atoms with Crippen molar-refractivity contribution in [3.05, 3.63) is 137 Å². The van der Waals surface area contributed by atoms with Crippen molar-refractivity contribution in [2.24, 2.45) is 0 Å². The minimum absolute atomic E-state index is 0.0366. The maximum Gasteiger partial charge on any atom is 0.262 e. The molecule has 7 heteroatoms. The van der Waals surface area contributed by atoms with Gasteiger partial charge < -0.3 is 10.1 Å². The lowest BCUT2D eigenvalue weighted by atomic mass is 9.99. The van der Waals surface area contributed by atoms with E-state index < -0.39 is 6.17 Å². The number of hydrogen-bond donors (Lipinski definition) is 1. The van der Waals surface area contributed by atoms with Crippen LogP contribution in [0.5, 0.6) is 5.75 Å². The van der Waals surface area contributed by atoms with Gasteiger partial charge in [-0.15, -0.1) is 0 Å². The number of anilines is 2. The van der Waals surface area contributed by atoms with Gasteiger partial charge in [-0.1, -0.05) is 66.7 Å². The fraction of sp³-hybridized carbons (Fsp3) is 0.0882. The van der Waals surface area contributed by atoms with E-state index >= 15 is 0 Å². The Morgan fingerprint density at radius 1 is 0.707 bits per heavy atom. The molecule has 1 atom stereocenters. The second-order valence-corrected chi connectivity index (χ2v) is 10.1. The summed E-state index contributed by atoms with van der Waals surface area (Å²) in [7, 11) is 1.56. The topological polar surface area (TPSA) is 79.0 Å². The Balaban J connectivity index is 1.34. The normalized spacial score (nSPS) is 16.0. The molecule has 0 spiro atoms. The molecule has 0 saturated heterocycles. The number of methoxy groups -OCH3 is 1. The molecule has 0 saturated carbocycles. The van der Waals surface area contributed by atoms with Gasteiger partial charge in [0.05, 0.1) is 36.0 Å². The van der Waals surface area contributed by atoms with Crippen LogP contribution in [0.3, 0.4) is 0 Å². The summed E-state index contributed by atoms with van der Waals surface area (Å²) in [6, 6.07) is 33.8. The van der Waals surface area contributed by atoms with Crippen LogP contribution in [0.15, 0.2) is 109 Å². The average Bonchev–Trinajstić information content (AvgIpc) is 3.25. The van der Waals surface area contributed by atoms with Crippen LogP contribution < -0.4 is 15.0 Å². The number of fused-ring (bicyclic) bond motifs is 3. The molecule has 1 N–H and O–H groups in total. The molecule has 2 aliphatic rings. The van der Waals surface area contributed by atoms with Gasteiger partial charge in [-0.3, -0.25) is 24.2 Å². The zero-order valence-electron chi connectivity index (χ0n) is 22.2. The van der Waals surface area contributed by atoms with Crippen molar-refractivity contribution >= 4 is 39.9 Å². The number of imide groups is 1. The molecule has 41 heavy (non-hydrogen) atoms. The van der Waals surface area contributed by atoms with Crippen LogP contribution in [0.4, 0.5) is 11.4 Å². The van der Waals surface area contributed by atoms with Crippen molar-refractivity contribution < 1.29 is 19.1 Å². The van der Waals surface area contributed by atoms with Gasteiger partial charge in [0.15, 0.2) is 0 Å². The number of carbonyl (C=O) groups excluding carboxylic acids is 3. The Morgan fingerprint density at radius 3 is 2.12 bits per heavy atom. The molecule has 2 heterocycles. The third-order valence-corrected chi connectivity index (χ3v) is 7.78. The smallest absolute Gasteiger partial charge is 0.262 e. The van der Waals surface area contributed by atoms with Crippen LogP contribution in [0.25, 0.3) is 10.8 Å². The lowest BCUT2D eigenvalue weighted by molar-refractivity contribution is 0.0641. The van der Waals surface area contributed by atoms with Crippen molar-refractivity contribution in [2.75, 3.05) is 17.3 Å². The minimum atomic E-state index is -0.560. The average molecular weight is 540 g/mol. The van der Waals surface area contributed by atoms with E-state index in [4.69, 9.17) is 4.74 Å². The zero-order valence-corrected chi connectivity index (χ0v) is 22.2. The SMILES string of the molecule is COc1ccc([C@@H]2Nc3ccccc3C(=O)N2c2cccc3ccccc23)cc1CN1C(=O)c2ccccc2C1=O. The maximum absolute atomic E-state index is 14.1. The lowest BCUT2D eigenvalue weighted by Crippen LogP contribution is -2.43. The van der Waals surface area contributed by atoms with Gasteiger partial charge in [-0.25, -0.2) is 0 Å². The number of rotatable bonds is 5. The number of para-hydroxylation sites is 1. The first-order valence-corrected chi connectivity index (χ1v) is 13.3. The quantitative estimate of drug-likeness (QED) is 0.261. The molecule has 0 bridgehead atoms. The standard InChI is InChI=1S/C34H25N3O4/c1-41-30-18-17-22(19-23(30)20-36-32(38)25-12-4-5-13-26(25)33(36)39)31-35-28-15-7-6-14-27(28)34(40)37(31)29-16-8-10-21-9-2-3-11-24(21)29/h2-19,31,35H,20H2,1H3/t31-/m1/s1. The molecule has 7 rings (SSSR count). The van der Waals surface area contributed by atoms with E-state index in [-0.39, 0.29) is 24.3 Å². The van der Waals surface area contributed by atoms with Gasteiger partial charge in [0.2, 0.25) is 0 Å². The Bertz CT molecular complexity index is 1840. The van der Waals surface area contributed by atoms with E-state index in [0.29, 0.717) is 28.0 Å². The number of ether oxygens (including phenoxy) is 1. The van der Waals surface area contributed by atoms with E-state index in [1.165, 1.54) is 4.90 Å². The second-order valence-electron chi connectivity index (χ2n) is 10.1. The Kier molecular flexibility index (Phi) is 5.78. The summed E-state index contributed by atoms with van der Waals surface area (Å²) in [5.74, 6) is -0.256. The third kappa shape index (κ3) is 3.93. The largest absolute Gasteiger partial charge is 0.496 e. The first-order valence-electron chi connectivity index (χ1n) is 13.3. The Labute approximate surface area is 236 Å². The number of nitrogens with one attached hydrogen (secondary N) is 1. The van der Waals surface area contributed by atoms with Gasteiger partial charge in [0.25, 0.3) is 17.7 Å². The number of carbonyl (C=O) groups is 3. The van der Waals surface area contributed by atoms with Gasteiger partial charge in [-0.2, -0.15) is 0 Å². The predicted octanol–water partition coefficient (Wildman–Crippen LogP) is 6.42. The summed E-state index contributed by atoms with van der Waals surface area (Å²) in [5, 5.41) is 5.54. The van der Waals surface area contributed by atoms with Crippen LogP contribution in [0, 0.1) is 0 Å². The highest BCUT2D eigenvalue weighted by atomic mass is 16.5. The highest BCUT2D eigenvalue weighted by Crippen LogP contribution is 2.40. The molecule has 0 unspecified atom stereocenters. The summed E-state index contributed by atoms with van der Waals surface area (Å²) in [6.45, 7) is 0.0366. The third-order valence-electron chi connectivity index (χ3n) is 7.78. The van der Waals surface area contributed by atoms with Gasteiger partial charge in [0.1, 0.15) is 11.9 Å². The van der Waals surface area contributed by atoms with Crippen LogP contribution in [0.1, 0.15) is 48.4 Å². The first kappa shape index (κ1) is 24.6. The van der Waals surface area contributed by atoms with Crippen LogP contribution in [0.2, 0.25) is 0 Å². The minimum Gasteiger partial charge on any atom is -0.496 e. The van der Waals surface area contributed by atoms with Crippen molar-refractivity contribution in [3.8, 4) is 5.75 Å². The Morgan fingerprint density at radius 2 is 1.37 bits per heavy atom. The first-order chi connectivity index (χ1) is 20.0. The number of nitrogens with zero attached hydrogens (tertiary/aromatic N) is 2. The van der Waals surface area contributed by atoms with Gasteiger partial charge >= 0.3 is 0 Å². The Hall–Kier alpha value is -5.43. The summed E-state index contributed by atoms with van der Waals surface area (Å²) in [6.07, 6.45) is -0.560. The summed E-state index contributed by atoms with van der Waals surface area (Å²) in [5.41, 5.74) is 4.32. The predicted molar refractivity (Wildman–Crippen MR) is 157 cm³/mol. The fourth-order valence-corrected chi connectivity index (χ4v) is 5.80. The van der Waals surface area contributed by atoms with E-state index in [9.17, 15) is 14.4 Å². The molecule has 5 aromatic rings. The van der Waals surface area contributed by atoms with Gasteiger partial charge in [-0.05, 0) is 53.4 Å². The highest BCUT2D eigenvalue weighted by Gasteiger charge is 2.37. The molecular formula is C34H25N3O4. The molecule has 0 aliphatic carbocycles. The number of hydrogen-bond acceptors (Lipinski definition) is 5. The second kappa shape index (κ2) is 9.64. The lowest BCUT2D eigenvalue weighted by Gasteiger charge is -2.39. The van der Waals surface area contributed by atoms with Crippen molar-refractivity contribution in [2.45, 2.75) is 12.7 Å². The fourth-order valence-electron chi connectivity index (χ4n) is 5.80. The number of benzene rings is 5. The molecular weight excluding hydrogens is 514 g/mol. The maximum atomic E-state index is 14.1. The molecule has 0 radical (unpaired) electrons. The van der Waals surface area contributed by atoms with Crippen LogP contribution >= 0.6 is 0 Å². The van der Waals surface area contributed by atoms with Crippen molar-refractivity contribution in [1.29, 1.82) is 0 Å². The van der Waals surface area contributed by atoms with Crippen LogP contribution in [-0.2, 0) is 6.54 Å². The molecule has 200 valence electrons. The van der Waals surface area contributed by atoms with E-state index in [1.807, 2.05) is 84.9 Å². The zero-order chi connectivity index (χ0) is 28.1. The van der Waals surface area contributed by atoms with Crippen molar-refractivity contribution in [1.82, 2.24) is 4.90 Å². The van der Waals surface area contributed by atoms with Gasteiger partial charge in [0, 0.05) is 16.6 Å². The molecule has 2 aliphatic heterocycles. The summed E-state index contributed by atoms with van der Waals surface area (Å²) >= 11 is 0. The van der Waals surface area contributed by atoms with Crippen molar-refractivity contribution in [3.63, 3.8) is 0 Å². The molecule has 0 aromatic heterocycles. The highest BCUT2D eigenvalue weighted by molar-refractivity contribution is 6.21.